The first-order valence-electron chi connectivity index (χ1n) is 5.66. The third-order valence-corrected chi connectivity index (χ3v) is 3.76. The number of hydrogen-bond acceptors (Lipinski definition) is 5. The monoisotopic (exact) mass is 269 g/mol. The lowest BCUT2D eigenvalue weighted by Gasteiger charge is -2.22. The minimum atomic E-state index is -0.652. The number of thiophene rings is 1. The highest BCUT2D eigenvalue weighted by Gasteiger charge is 2.20. The van der Waals surface area contributed by atoms with Crippen molar-refractivity contribution in [2.75, 3.05) is 6.61 Å². The molecule has 0 amide bonds. The van der Waals surface area contributed by atoms with Crippen LogP contribution in [0.15, 0.2) is 0 Å². The van der Waals surface area contributed by atoms with E-state index < -0.39 is 5.82 Å². The highest BCUT2D eigenvalue weighted by Crippen LogP contribution is 2.27. The summed E-state index contributed by atoms with van der Waals surface area (Å²) in [6, 6.07) is 1.69. The predicted octanol–water partition coefficient (Wildman–Crippen LogP) is 2.61. The summed E-state index contributed by atoms with van der Waals surface area (Å²) in [6.07, 6.45) is 3.01. The van der Waals surface area contributed by atoms with Gasteiger partial charge in [0.1, 0.15) is 11.6 Å². The van der Waals surface area contributed by atoms with Gasteiger partial charge >= 0.3 is 0 Å². The first kappa shape index (κ1) is 13.1. The molecule has 2 rings (SSSR count). The lowest BCUT2D eigenvalue weighted by molar-refractivity contribution is -0.168. The molecule has 18 heavy (non-hydrogen) atoms. The van der Waals surface area contributed by atoms with Gasteiger partial charge in [-0.15, -0.1) is 11.3 Å². The summed E-state index contributed by atoms with van der Waals surface area (Å²) in [5.74, 6) is -0.652. The Morgan fingerprint density at radius 1 is 1.61 bits per heavy atom. The first-order chi connectivity index (χ1) is 8.76. The van der Waals surface area contributed by atoms with Crippen LogP contribution >= 0.6 is 11.3 Å². The summed E-state index contributed by atoms with van der Waals surface area (Å²) in [7, 11) is 0. The van der Waals surface area contributed by atoms with Gasteiger partial charge in [0, 0.05) is 6.61 Å². The summed E-state index contributed by atoms with van der Waals surface area (Å²) < 4.78 is 24.5. The zero-order chi connectivity index (χ0) is 13.0. The Morgan fingerprint density at radius 3 is 3.00 bits per heavy atom. The number of carbonyl (C=O) groups is 1. The molecule has 1 aliphatic rings. The molecule has 0 aromatic carbocycles. The van der Waals surface area contributed by atoms with E-state index in [9.17, 15) is 9.18 Å². The molecule has 0 radical (unpaired) electrons. The predicted molar refractivity (Wildman–Crippen MR) is 62.8 cm³/mol. The van der Waals surface area contributed by atoms with Gasteiger partial charge < -0.3 is 9.47 Å². The van der Waals surface area contributed by atoms with Crippen LogP contribution in [0.5, 0.6) is 0 Å². The van der Waals surface area contributed by atoms with Gasteiger partial charge in [-0.05, 0) is 19.3 Å². The van der Waals surface area contributed by atoms with Crippen molar-refractivity contribution in [3.8, 4) is 6.07 Å². The fraction of sp³-hybridized carbons (Fsp3) is 0.500. The molecule has 0 spiro atoms. The molecule has 1 unspecified atom stereocenters. The van der Waals surface area contributed by atoms with Gasteiger partial charge in [0.2, 0.25) is 0 Å². The molecule has 2 heterocycles. The zero-order valence-electron chi connectivity index (χ0n) is 9.65. The Bertz CT molecular complexity index is 474. The second-order valence-electron chi connectivity index (χ2n) is 3.92. The molecule has 0 bridgehead atoms. The molecule has 1 aromatic rings. The maximum Gasteiger partial charge on any atom is 0.161 e. The molecular formula is C12H12FNO3S. The maximum absolute atomic E-state index is 13.7. The number of rotatable bonds is 4. The zero-order valence-corrected chi connectivity index (χ0v) is 10.5. The van der Waals surface area contributed by atoms with E-state index >= 15 is 0 Å². The van der Waals surface area contributed by atoms with Crippen molar-refractivity contribution in [3.05, 3.63) is 21.1 Å². The van der Waals surface area contributed by atoms with Gasteiger partial charge in [-0.3, -0.25) is 4.79 Å². The summed E-state index contributed by atoms with van der Waals surface area (Å²) >= 11 is 0.953. The Hall–Kier alpha value is -1.29. The van der Waals surface area contributed by atoms with Gasteiger partial charge in [-0.2, -0.15) is 5.26 Å². The van der Waals surface area contributed by atoms with Gasteiger partial charge in [0.05, 0.1) is 16.4 Å². The minimum Gasteiger partial charge on any atom is -0.353 e. The van der Waals surface area contributed by atoms with E-state index in [4.69, 9.17) is 14.7 Å². The van der Waals surface area contributed by atoms with Crippen LogP contribution in [-0.2, 0) is 16.1 Å². The van der Waals surface area contributed by atoms with Crippen molar-refractivity contribution < 1.29 is 18.7 Å². The second-order valence-corrected chi connectivity index (χ2v) is 5.05. The smallest absolute Gasteiger partial charge is 0.161 e. The summed E-state index contributed by atoms with van der Waals surface area (Å²) in [5.41, 5.74) is -0.196. The van der Waals surface area contributed by atoms with Crippen LogP contribution in [0.4, 0.5) is 4.39 Å². The van der Waals surface area contributed by atoms with Crippen molar-refractivity contribution in [2.24, 2.45) is 0 Å². The van der Waals surface area contributed by atoms with Gasteiger partial charge in [-0.25, -0.2) is 4.39 Å². The number of ether oxygens (including phenoxy) is 2. The fourth-order valence-corrected chi connectivity index (χ4v) is 2.64. The third kappa shape index (κ3) is 2.75. The Balaban J connectivity index is 2.03. The number of hydrogen-bond donors (Lipinski definition) is 0. The summed E-state index contributed by atoms with van der Waals surface area (Å²) in [5, 5.41) is 8.75. The normalized spacial score (nSPS) is 19.4. The van der Waals surface area contributed by atoms with Crippen molar-refractivity contribution in [3.63, 3.8) is 0 Å². The molecule has 1 fully saturated rings. The van der Waals surface area contributed by atoms with E-state index in [0.717, 1.165) is 30.6 Å². The van der Waals surface area contributed by atoms with Crippen LogP contribution in [0, 0.1) is 17.1 Å². The highest BCUT2D eigenvalue weighted by molar-refractivity contribution is 7.13. The van der Waals surface area contributed by atoms with E-state index in [0.29, 0.717) is 12.9 Å². The molecule has 96 valence electrons. The van der Waals surface area contributed by atoms with Crippen molar-refractivity contribution in [2.45, 2.75) is 32.2 Å². The molecule has 4 nitrogen and oxygen atoms in total. The van der Waals surface area contributed by atoms with Gasteiger partial charge in [-0.1, -0.05) is 0 Å². The number of nitriles is 1. The Kier molecular flexibility index (Phi) is 4.42. The molecule has 0 N–H and O–H groups in total. The topological polar surface area (TPSA) is 59.3 Å². The SMILES string of the molecule is N#Cc1c(C=O)sc(COC2CCCCO2)c1F. The molecule has 6 heteroatoms. The molecule has 0 aliphatic carbocycles. The summed E-state index contributed by atoms with van der Waals surface area (Å²) in [4.78, 5) is 11.1. The largest absolute Gasteiger partial charge is 0.353 e. The van der Waals surface area contributed by atoms with Gasteiger partial charge in [0.15, 0.2) is 18.4 Å². The average molecular weight is 269 g/mol. The Labute approximate surface area is 108 Å². The number of nitrogens with zero attached hydrogens (tertiary/aromatic N) is 1. The van der Waals surface area contributed by atoms with E-state index in [1.165, 1.54) is 0 Å². The molecule has 0 saturated carbocycles. The van der Waals surface area contributed by atoms with E-state index in [1.807, 2.05) is 0 Å². The minimum absolute atomic E-state index is 0.0314. The molecule has 1 aromatic heterocycles. The molecular weight excluding hydrogens is 257 g/mol. The van der Waals surface area contributed by atoms with Crippen LogP contribution in [0.2, 0.25) is 0 Å². The van der Waals surface area contributed by atoms with Crippen LogP contribution in [0.25, 0.3) is 0 Å². The van der Waals surface area contributed by atoms with Crippen molar-refractivity contribution >= 4 is 17.6 Å². The lowest BCUT2D eigenvalue weighted by Crippen LogP contribution is -2.21. The van der Waals surface area contributed by atoms with E-state index in [1.54, 1.807) is 6.07 Å². The average Bonchev–Trinajstić information content (AvgIpc) is 2.73. The van der Waals surface area contributed by atoms with Crippen molar-refractivity contribution in [1.82, 2.24) is 0 Å². The summed E-state index contributed by atoms with van der Waals surface area (Å²) in [6.45, 7) is 0.685. The number of aldehydes is 1. The second kappa shape index (κ2) is 6.05. The number of halogens is 1. The Morgan fingerprint density at radius 2 is 2.44 bits per heavy atom. The van der Waals surface area contributed by atoms with E-state index in [-0.39, 0.29) is 28.2 Å². The fourth-order valence-electron chi connectivity index (χ4n) is 1.77. The first-order valence-corrected chi connectivity index (χ1v) is 6.47. The van der Waals surface area contributed by atoms with Crippen LogP contribution < -0.4 is 0 Å². The maximum atomic E-state index is 13.7. The van der Waals surface area contributed by atoms with Crippen molar-refractivity contribution in [1.29, 1.82) is 5.26 Å². The van der Waals surface area contributed by atoms with E-state index in [2.05, 4.69) is 0 Å². The van der Waals surface area contributed by atoms with Crippen LogP contribution in [0.1, 0.15) is 39.4 Å². The third-order valence-electron chi connectivity index (χ3n) is 2.70. The number of carbonyl (C=O) groups excluding carboxylic acids is 1. The van der Waals surface area contributed by atoms with Gasteiger partial charge in [0.25, 0.3) is 0 Å². The standard InChI is InChI=1S/C12H12FNO3S/c13-12-8(5-14)9(6-15)18-10(12)7-17-11-3-1-2-4-16-11/h6,11H,1-4,7H2. The molecule has 1 aliphatic heterocycles. The quantitative estimate of drug-likeness (QED) is 0.788. The van der Waals surface area contributed by atoms with Crippen LogP contribution in [0.3, 0.4) is 0 Å². The van der Waals surface area contributed by atoms with Crippen LogP contribution in [-0.4, -0.2) is 19.2 Å². The molecule has 1 atom stereocenters. The lowest BCUT2D eigenvalue weighted by atomic mass is 10.2. The highest BCUT2D eigenvalue weighted by atomic mass is 32.1. The molecule has 1 saturated heterocycles.